The number of fused-ring (bicyclic) bond motifs is 1. The summed E-state index contributed by atoms with van der Waals surface area (Å²) in [7, 11) is 0. The normalized spacial score (nSPS) is 24.4. The molecule has 2 saturated carbocycles. The Hall–Kier alpha value is -1.84. The van der Waals surface area contributed by atoms with Crippen molar-refractivity contribution in [2.24, 2.45) is 0 Å². The molecular formula is C24H34N2O2. The number of benzene rings is 1. The molecule has 1 aliphatic heterocycles. The van der Waals surface area contributed by atoms with Crippen LogP contribution >= 0.6 is 0 Å². The fraction of sp³-hybridized carbons (Fsp3) is 0.667. The van der Waals surface area contributed by atoms with Crippen molar-refractivity contribution >= 4 is 11.8 Å². The first-order chi connectivity index (χ1) is 13.7. The number of carbonyl (C=O) groups is 2. The lowest BCUT2D eigenvalue weighted by Gasteiger charge is -2.50. The average Bonchev–Trinajstić information content (AvgIpc) is 3.18. The predicted molar refractivity (Wildman–Crippen MR) is 111 cm³/mol. The molecule has 4 nitrogen and oxygen atoms in total. The zero-order chi connectivity index (χ0) is 19.6. The summed E-state index contributed by atoms with van der Waals surface area (Å²) in [6.45, 7) is 2.92. The van der Waals surface area contributed by atoms with Gasteiger partial charge < -0.3 is 10.2 Å². The molecule has 1 heterocycles. The van der Waals surface area contributed by atoms with Gasteiger partial charge in [0.1, 0.15) is 0 Å². The SMILES string of the molecule is CCCCN1C(=O)c2ccccc2C(C(=O)NC2CCCCC2)C12CCCC2. The van der Waals surface area contributed by atoms with Gasteiger partial charge in [-0.15, -0.1) is 0 Å². The van der Waals surface area contributed by atoms with Crippen LogP contribution in [0.1, 0.15) is 99.4 Å². The first-order valence-electron chi connectivity index (χ1n) is 11.4. The van der Waals surface area contributed by atoms with Crippen molar-refractivity contribution in [1.29, 1.82) is 0 Å². The van der Waals surface area contributed by atoms with E-state index in [1.54, 1.807) is 0 Å². The lowest BCUT2D eigenvalue weighted by atomic mass is 9.70. The van der Waals surface area contributed by atoms with E-state index in [-0.39, 0.29) is 23.3 Å². The van der Waals surface area contributed by atoms with Gasteiger partial charge in [0.2, 0.25) is 5.91 Å². The maximum Gasteiger partial charge on any atom is 0.254 e. The zero-order valence-electron chi connectivity index (χ0n) is 17.2. The maximum absolute atomic E-state index is 13.7. The molecule has 0 aromatic heterocycles. The molecule has 4 rings (SSSR count). The third-order valence-electron chi connectivity index (χ3n) is 7.24. The molecule has 1 spiro atoms. The lowest BCUT2D eigenvalue weighted by Crippen LogP contribution is -2.61. The second kappa shape index (κ2) is 8.26. The Labute approximate surface area is 169 Å². The van der Waals surface area contributed by atoms with Crippen molar-refractivity contribution in [3.63, 3.8) is 0 Å². The number of carbonyl (C=O) groups excluding carboxylic acids is 2. The first kappa shape index (κ1) is 19.5. The molecule has 152 valence electrons. The van der Waals surface area contributed by atoms with Crippen LogP contribution in [0.15, 0.2) is 24.3 Å². The molecule has 2 amide bonds. The van der Waals surface area contributed by atoms with Crippen LogP contribution in [-0.2, 0) is 4.79 Å². The largest absolute Gasteiger partial charge is 0.353 e. The van der Waals surface area contributed by atoms with Crippen LogP contribution in [0, 0.1) is 0 Å². The maximum atomic E-state index is 13.7. The zero-order valence-corrected chi connectivity index (χ0v) is 17.2. The van der Waals surface area contributed by atoms with Crippen LogP contribution in [-0.4, -0.2) is 34.8 Å². The van der Waals surface area contributed by atoms with E-state index in [1.807, 2.05) is 24.3 Å². The molecular weight excluding hydrogens is 348 g/mol. The summed E-state index contributed by atoms with van der Waals surface area (Å²) >= 11 is 0. The summed E-state index contributed by atoms with van der Waals surface area (Å²) in [5, 5.41) is 3.40. The monoisotopic (exact) mass is 382 g/mol. The van der Waals surface area contributed by atoms with Crippen molar-refractivity contribution in [1.82, 2.24) is 10.2 Å². The summed E-state index contributed by atoms with van der Waals surface area (Å²) in [5.74, 6) is 0.0468. The molecule has 1 aromatic carbocycles. The second-order valence-electron chi connectivity index (χ2n) is 8.98. The molecule has 28 heavy (non-hydrogen) atoms. The molecule has 1 unspecified atom stereocenters. The van der Waals surface area contributed by atoms with E-state index in [4.69, 9.17) is 0 Å². The Morgan fingerprint density at radius 3 is 2.54 bits per heavy atom. The van der Waals surface area contributed by atoms with E-state index in [0.29, 0.717) is 6.04 Å². The van der Waals surface area contributed by atoms with Crippen LogP contribution < -0.4 is 5.32 Å². The fourth-order valence-electron chi connectivity index (χ4n) is 5.84. The van der Waals surface area contributed by atoms with E-state index in [9.17, 15) is 9.59 Å². The highest BCUT2D eigenvalue weighted by Gasteiger charge is 2.55. The minimum absolute atomic E-state index is 0.132. The fourth-order valence-corrected chi connectivity index (χ4v) is 5.84. The van der Waals surface area contributed by atoms with Gasteiger partial charge in [0, 0.05) is 18.2 Å². The number of nitrogens with zero attached hydrogens (tertiary/aromatic N) is 1. The van der Waals surface area contributed by atoms with Gasteiger partial charge in [-0.25, -0.2) is 0 Å². The smallest absolute Gasteiger partial charge is 0.254 e. The van der Waals surface area contributed by atoms with Crippen molar-refractivity contribution < 1.29 is 9.59 Å². The van der Waals surface area contributed by atoms with Gasteiger partial charge in [-0.1, -0.05) is 63.6 Å². The van der Waals surface area contributed by atoms with Crippen LogP contribution in [0.3, 0.4) is 0 Å². The quantitative estimate of drug-likeness (QED) is 0.796. The van der Waals surface area contributed by atoms with Gasteiger partial charge in [-0.2, -0.15) is 0 Å². The lowest BCUT2D eigenvalue weighted by molar-refractivity contribution is -0.127. The topological polar surface area (TPSA) is 49.4 Å². The Morgan fingerprint density at radius 2 is 1.82 bits per heavy atom. The molecule has 0 radical (unpaired) electrons. The molecule has 2 aliphatic carbocycles. The average molecular weight is 383 g/mol. The highest BCUT2D eigenvalue weighted by molar-refractivity contribution is 6.02. The molecule has 4 heteroatoms. The minimum Gasteiger partial charge on any atom is -0.353 e. The van der Waals surface area contributed by atoms with Gasteiger partial charge in [0.25, 0.3) is 5.91 Å². The van der Waals surface area contributed by atoms with Gasteiger partial charge in [0.05, 0.1) is 11.5 Å². The minimum atomic E-state index is -0.334. The number of rotatable bonds is 5. The summed E-state index contributed by atoms with van der Waals surface area (Å²) in [6.07, 6.45) is 12.0. The van der Waals surface area contributed by atoms with Crippen molar-refractivity contribution in [3.05, 3.63) is 35.4 Å². The highest BCUT2D eigenvalue weighted by Crippen LogP contribution is 2.50. The van der Waals surface area contributed by atoms with Gasteiger partial charge in [-0.3, -0.25) is 9.59 Å². The molecule has 1 atom stereocenters. The standard InChI is InChI=1S/C24H34N2O2/c1-2-3-17-26-23(28)20-14-8-7-13-19(20)21(24(26)15-9-10-16-24)22(27)25-18-11-5-4-6-12-18/h7-8,13-14,18,21H,2-6,9-12,15-17H2,1H3,(H,25,27). The van der Waals surface area contributed by atoms with E-state index in [2.05, 4.69) is 17.1 Å². The Bertz CT molecular complexity index is 717. The molecule has 2 fully saturated rings. The Morgan fingerprint density at radius 1 is 1.11 bits per heavy atom. The Kier molecular flexibility index (Phi) is 5.75. The second-order valence-corrected chi connectivity index (χ2v) is 8.98. The van der Waals surface area contributed by atoms with E-state index in [1.165, 1.54) is 19.3 Å². The van der Waals surface area contributed by atoms with Gasteiger partial charge in [0.15, 0.2) is 0 Å². The number of hydrogen-bond acceptors (Lipinski definition) is 2. The molecule has 0 saturated heterocycles. The molecule has 0 bridgehead atoms. The van der Waals surface area contributed by atoms with E-state index in [0.717, 1.165) is 69.0 Å². The van der Waals surface area contributed by atoms with Crippen LogP contribution in [0.5, 0.6) is 0 Å². The number of amides is 2. The molecule has 3 aliphatic rings. The van der Waals surface area contributed by atoms with Crippen LogP contribution in [0.2, 0.25) is 0 Å². The summed E-state index contributed by atoms with van der Waals surface area (Å²) < 4.78 is 0. The van der Waals surface area contributed by atoms with Crippen LogP contribution in [0.4, 0.5) is 0 Å². The summed E-state index contributed by atoms with van der Waals surface area (Å²) in [4.78, 5) is 29.2. The summed E-state index contributed by atoms with van der Waals surface area (Å²) in [5.41, 5.74) is 1.36. The van der Waals surface area contributed by atoms with E-state index >= 15 is 0 Å². The molecule has 1 N–H and O–H groups in total. The number of nitrogens with one attached hydrogen (secondary N) is 1. The van der Waals surface area contributed by atoms with Crippen molar-refractivity contribution in [2.75, 3.05) is 6.54 Å². The van der Waals surface area contributed by atoms with Gasteiger partial charge >= 0.3 is 0 Å². The summed E-state index contributed by atoms with van der Waals surface area (Å²) in [6, 6.07) is 8.15. The van der Waals surface area contributed by atoms with Gasteiger partial charge in [-0.05, 0) is 43.7 Å². The van der Waals surface area contributed by atoms with Crippen molar-refractivity contribution in [3.8, 4) is 0 Å². The third kappa shape index (κ3) is 3.35. The van der Waals surface area contributed by atoms with E-state index < -0.39 is 0 Å². The van der Waals surface area contributed by atoms with Crippen molar-refractivity contribution in [2.45, 2.75) is 95.1 Å². The number of unbranched alkanes of at least 4 members (excludes halogenated alkanes) is 1. The first-order valence-corrected chi connectivity index (χ1v) is 11.4. The Balaban J connectivity index is 1.72. The van der Waals surface area contributed by atoms with Crippen LogP contribution in [0.25, 0.3) is 0 Å². The third-order valence-corrected chi connectivity index (χ3v) is 7.24. The molecule has 1 aromatic rings. The number of hydrogen-bond donors (Lipinski definition) is 1. The highest BCUT2D eigenvalue weighted by atomic mass is 16.2. The predicted octanol–water partition coefficient (Wildman–Crippen LogP) is 4.79.